The zero-order valence-electron chi connectivity index (χ0n) is 10.1. The van der Waals surface area contributed by atoms with E-state index in [4.69, 9.17) is 4.52 Å². The third kappa shape index (κ3) is 1.98. The summed E-state index contributed by atoms with van der Waals surface area (Å²) in [5, 5.41) is 8.88. The largest absolute Gasteiger partial charge is 0.361 e. The first-order valence-corrected chi connectivity index (χ1v) is 7.18. The molecule has 0 saturated heterocycles. The van der Waals surface area contributed by atoms with Gasteiger partial charge >= 0.3 is 5.69 Å². The van der Waals surface area contributed by atoms with E-state index in [1.165, 1.54) is 22.0 Å². The van der Waals surface area contributed by atoms with Crippen LogP contribution in [0.25, 0.3) is 0 Å². The molecule has 1 aliphatic carbocycles. The van der Waals surface area contributed by atoms with Gasteiger partial charge in [0.1, 0.15) is 11.5 Å². The monoisotopic (exact) mass is 266 g/mol. The van der Waals surface area contributed by atoms with E-state index >= 15 is 0 Å². The first-order valence-electron chi connectivity index (χ1n) is 5.95. The molecule has 2 aromatic rings. The second kappa shape index (κ2) is 4.64. The van der Waals surface area contributed by atoms with E-state index in [0.717, 1.165) is 37.1 Å². The van der Waals surface area contributed by atoms with Gasteiger partial charge in [-0.3, -0.25) is 4.98 Å². The lowest BCUT2D eigenvalue weighted by molar-refractivity contribution is 0.366. The Bertz CT molecular complexity index is 613. The second-order valence-corrected chi connectivity index (χ2v) is 5.13. The number of thioether (sulfide) groups is 1. The van der Waals surface area contributed by atoms with Crippen molar-refractivity contribution in [1.29, 1.82) is 0 Å². The minimum absolute atomic E-state index is 0.202. The van der Waals surface area contributed by atoms with Crippen LogP contribution >= 0.6 is 11.8 Å². The van der Waals surface area contributed by atoms with Crippen LogP contribution in [0, 0.1) is 0 Å². The van der Waals surface area contributed by atoms with Crippen molar-refractivity contribution in [2.24, 2.45) is 0 Å². The number of aryl methyl sites for hydroxylation is 1. The van der Waals surface area contributed by atoms with Gasteiger partial charge in [0.2, 0.25) is 0 Å². The van der Waals surface area contributed by atoms with Gasteiger partial charge in [0, 0.05) is 12.0 Å². The quantitative estimate of drug-likeness (QED) is 0.845. The highest BCUT2D eigenvalue weighted by Gasteiger charge is 2.20. The molecule has 2 aromatic heterocycles. The van der Waals surface area contributed by atoms with Gasteiger partial charge in [0.15, 0.2) is 5.16 Å². The Morgan fingerprint density at radius 2 is 2.28 bits per heavy atom. The smallest absolute Gasteiger partial charge is 0.344 e. The molecule has 0 amide bonds. The molecule has 3 rings (SSSR count). The van der Waals surface area contributed by atoms with Crippen molar-refractivity contribution in [3.05, 3.63) is 27.5 Å². The molecule has 0 radical (unpaired) electrons. The minimum atomic E-state index is -0.202. The molecule has 2 heterocycles. The Morgan fingerprint density at radius 1 is 1.44 bits per heavy atom. The summed E-state index contributed by atoms with van der Waals surface area (Å²) in [6, 6.07) is 0. The molecule has 0 saturated carbocycles. The maximum absolute atomic E-state index is 11.7. The first kappa shape index (κ1) is 11.6. The number of H-pyrrole nitrogens is 1. The molecule has 0 aromatic carbocycles. The third-order valence-electron chi connectivity index (χ3n) is 3.18. The molecule has 18 heavy (non-hydrogen) atoms. The molecule has 0 fully saturated rings. The Balaban J connectivity index is 1.90. The lowest BCUT2D eigenvalue weighted by Gasteiger charge is -2.08. The SMILES string of the molecule is CSc1nn(Cc2noc3c2CCCC3)c(=O)[nH]1. The van der Waals surface area contributed by atoms with Crippen molar-refractivity contribution in [3.63, 3.8) is 0 Å². The number of fused-ring (bicyclic) bond motifs is 1. The first-order chi connectivity index (χ1) is 8.78. The van der Waals surface area contributed by atoms with E-state index in [1.54, 1.807) is 0 Å². The van der Waals surface area contributed by atoms with Crippen LogP contribution in [0.5, 0.6) is 0 Å². The van der Waals surface area contributed by atoms with Crippen LogP contribution in [0.1, 0.15) is 29.9 Å². The molecule has 0 atom stereocenters. The number of rotatable bonds is 3. The van der Waals surface area contributed by atoms with Crippen LogP contribution in [0.2, 0.25) is 0 Å². The van der Waals surface area contributed by atoms with E-state index in [1.807, 2.05) is 6.26 Å². The number of nitrogens with zero attached hydrogens (tertiary/aromatic N) is 3. The summed E-state index contributed by atoms with van der Waals surface area (Å²) in [5.74, 6) is 0.977. The lowest BCUT2D eigenvalue weighted by atomic mass is 9.96. The molecule has 0 spiro atoms. The average Bonchev–Trinajstić information content (AvgIpc) is 2.95. The second-order valence-electron chi connectivity index (χ2n) is 4.34. The molecule has 96 valence electrons. The highest BCUT2D eigenvalue weighted by molar-refractivity contribution is 7.98. The average molecular weight is 266 g/mol. The van der Waals surface area contributed by atoms with Crippen molar-refractivity contribution in [3.8, 4) is 0 Å². The Labute approximate surface area is 108 Å². The molecule has 1 N–H and O–H groups in total. The van der Waals surface area contributed by atoms with Crippen LogP contribution in [0.3, 0.4) is 0 Å². The van der Waals surface area contributed by atoms with Gasteiger partial charge < -0.3 is 4.52 Å². The van der Waals surface area contributed by atoms with Crippen LogP contribution in [0.4, 0.5) is 0 Å². The Kier molecular flexibility index (Phi) is 2.99. The predicted octanol–water partition coefficient (Wildman–Crippen LogP) is 1.21. The maximum Gasteiger partial charge on any atom is 0.344 e. The van der Waals surface area contributed by atoms with Crippen molar-refractivity contribution < 1.29 is 4.52 Å². The van der Waals surface area contributed by atoms with Crippen molar-refractivity contribution in [2.75, 3.05) is 6.26 Å². The Morgan fingerprint density at radius 3 is 3.06 bits per heavy atom. The van der Waals surface area contributed by atoms with Crippen LogP contribution in [-0.2, 0) is 19.4 Å². The van der Waals surface area contributed by atoms with Crippen LogP contribution in [-0.4, -0.2) is 26.2 Å². The topological polar surface area (TPSA) is 76.7 Å². The minimum Gasteiger partial charge on any atom is -0.361 e. The van der Waals surface area contributed by atoms with E-state index in [0.29, 0.717) is 11.7 Å². The fourth-order valence-corrected chi connectivity index (χ4v) is 2.62. The molecular formula is C11H14N4O2S. The lowest BCUT2D eigenvalue weighted by Crippen LogP contribution is -2.19. The van der Waals surface area contributed by atoms with Gasteiger partial charge in [-0.05, 0) is 25.5 Å². The van der Waals surface area contributed by atoms with Crippen LogP contribution < -0.4 is 5.69 Å². The van der Waals surface area contributed by atoms with Gasteiger partial charge in [0.25, 0.3) is 0 Å². The fourth-order valence-electron chi connectivity index (χ4n) is 2.25. The summed E-state index contributed by atoms with van der Waals surface area (Å²) >= 11 is 1.41. The number of aromatic amines is 1. The van der Waals surface area contributed by atoms with Crippen molar-refractivity contribution in [1.82, 2.24) is 19.9 Å². The van der Waals surface area contributed by atoms with Gasteiger partial charge in [-0.1, -0.05) is 16.9 Å². The summed E-state index contributed by atoms with van der Waals surface area (Å²) in [5.41, 5.74) is 1.81. The number of hydrogen-bond acceptors (Lipinski definition) is 5. The van der Waals surface area contributed by atoms with E-state index in [-0.39, 0.29) is 5.69 Å². The molecule has 7 heteroatoms. The molecule has 6 nitrogen and oxygen atoms in total. The molecular weight excluding hydrogens is 252 g/mol. The predicted molar refractivity (Wildman–Crippen MR) is 66.9 cm³/mol. The molecule has 0 unspecified atom stereocenters. The molecule has 0 aliphatic heterocycles. The number of hydrogen-bond donors (Lipinski definition) is 1. The summed E-state index contributed by atoms with van der Waals surface area (Å²) in [7, 11) is 0. The van der Waals surface area contributed by atoms with Gasteiger partial charge in [-0.15, -0.1) is 5.10 Å². The van der Waals surface area contributed by atoms with Crippen molar-refractivity contribution >= 4 is 11.8 Å². The zero-order chi connectivity index (χ0) is 12.5. The number of nitrogens with one attached hydrogen (secondary N) is 1. The highest BCUT2D eigenvalue weighted by atomic mass is 32.2. The molecule has 0 bridgehead atoms. The van der Waals surface area contributed by atoms with E-state index < -0.39 is 0 Å². The van der Waals surface area contributed by atoms with Gasteiger partial charge in [-0.2, -0.15) is 0 Å². The van der Waals surface area contributed by atoms with Gasteiger partial charge in [-0.25, -0.2) is 9.48 Å². The summed E-state index contributed by atoms with van der Waals surface area (Å²) in [4.78, 5) is 14.4. The Hall–Kier alpha value is -1.50. The highest BCUT2D eigenvalue weighted by Crippen LogP contribution is 2.24. The summed E-state index contributed by atoms with van der Waals surface area (Å²) in [6.45, 7) is 0.384. The number of aromatic nitrogens is 4. The van der Waals surface area contributed by atoms with Crippen molar-refractivity contribution in [2.45, 2.75) is 37.4 Å². The molecule has 1 aliphatic rings. The van der Waals surface area contributed by atoms with Crippen LogP contribution in [0.15, 0.2) is 14.5 Å². The summed E-state index contributed by atoms with van der Waals surface area (Å²) in [6.07, 6.45) is 6.13. The van der Waals surface area contributed by atoms with E-state index in [2.05, 4.69) is 15.2 Å². The third-order valence-corrected chi connectivity index (χ3v) is 3.75. The standard InChI is InChI=1S/C11H14N4O2S/c1-18-10-12-11(16)15(13-10)6-8-7-4-2-3-5-9(7)17-14-8/h2-6H2,1H3,(H,12,13,16). The van der Waals surface area contributed by atoms with Gasteiger partial charge in [0.05, 0.1) is 6.54 Å². The van der Waals surface area contributed by atoms with E-state index in [9.17, 15) is 4.79 Å². The zero-order valence-corrected chi connectivity index (χ0v) is 10.9. The summed E-state index contributed by atoms with van der Waals surface area (Å²) < 4.78 is 6.73. The maximum atomic E-state index is 11.7. The normalized spacial score (nSPS) is 14.7. The fraction of sp³-hybridized carbons (Fsp3) is 0.545.